The highest BCUT2D eigenvalue weighted by Gasteiger charge is 2.23. The van der Waals surface area contributed by atoms with Crippen LogP contribution in [-0.2, 0) is 0 Å². The third kappa shape index (κ3) is 2.54. The van der Waals surface area contributed by atoms with Gasteiger partial charge in [0.1, 0.15) is 34.7 Å². The van der Waals surface area contributed by atoms with Gasteiger partial charge < -0.3 is 19.4 Å². The molecule has 0 bridgehead atoms. The molecule has 25 heavy (non-hydrogen) atoms. The Balaban J connectivity index is 1.93. The quantitative estimate of drug-likeness (QED) is 0.700. The van der Waals surface area contributed by atoms with Crippen molar-refractivity contribution in [3.8, 4) is 28.4 Å². The standard InChI is InChI=1S/C20H16O5/c1-20(2)6-5-11-7-14-18(9-17(11)25-20)24-10-15(19(14)23)13-4-3-12(21)8-16(13)22/h3-10,21-22H,1-2H3. The fourth-order valence-electron chi connectivity index (χ4n) is 2.93. The van der Waals surface area contributed by atoms with Crippen LogP contribution in [0.1, 0.15) is 19.4 Å². The molecule has 5 nitrogen and oxygen atoms in total. The van der Waals surface area contributed by atoms with E-state index in [0.29, 0.717) is 22.3 Å². The van der Waals surface area contributed by atoms with Crippen molar-refractivity contribution < 1.29 is 19.4 Å². The SMILES string of the molecule is CC1(C)C=Cc2cc3c(=O)c(-c4ccc(O)cc4O)coc3cc2O1. The van der Waals surface area contributed by atoms with Crippen LogP contribution in [0.2, 0.25) is 0 Å². The number of fused-ring (bicyclic) bond motifs is 2. The Labute approximate surface area is 143 Å². The van der Waals surface area contributed by atoms with Crippen LogP contribution in [0, 0.1) is 0 Å². The Bertz CT molecular complexity index is 1090. The van der Waals surface area contributed by atoms with Crippen molar-refractivity contribution in [2.45, 2.75) is 19.4 Å². The summed E-state index contributed by atoms with van der Waals surface area (Å²) < 4.78 is 11.5. The van der Waals surface area contributed by atoms with E-state index in [9.17, 15) is 15.0 Å². The van der Waals surface area contributed by atoms with Crippen LogP contribution in [0.25, 0.3) is 28.2 Å². The Morgan fingerprint density at radius 1 is 1.04 bits per heavy atom. The molecule has 1 aromatic heterocycles. The van der Waals surface area contributed by atoms with Gasteiger partial charge in [-0.1, -0.05) is 6.08 Å². The van der Waals surface area contributed by atoms with Gasteiger partial charge in [0.15, 0.2) is 0 Å². The number of benzene rings is 2. The van der Waals surface area contributed by atoms with Gasteiger partial charge in [0, 0.05) is 23.3 Å². The van der Waals surface area contributed by atoms with Crippen LogP contribution in [0.15, 0.2) is 51.9 Å². The number of phenolic OH excluding ortho intramolecular Hbond substituents is 2. The zero-order valence-electron chi connectivity index (χ0n) is 13.7. The van der Waals surface area contributed by atoms with Gasteiger partial charge in [-0.2, -0.15) is 0 Å². The smallest absolute Gasteiger partial charge is 0.200 e. The number of aromatic hydroxyl groups is 2. The number of ether oxygens (including phenoxy) is 1. The van der Waals surface area contributed by atoms with Crippen molar-refractivity contribution in [1.29, 1.82) is 0 Å². The molecule has 1 aliphatic heterocycles. The molecular weight excluding hydrogens is 320 g/mol. The summed E-state index contributed by atoms with van der Waals surface area (Å²) in [6.45, 7) is 3.90. The molecule has 2 aromatic carbocycles. The van der Waals surface area contributed by atoms with E-state index in [0.717, 1.165) is 5.56 Å². The van der Waals surface area contributed by atoms with E-state index in [2.05, 4.69) is 0 Å². The van der Waals surface area contributed by atoms with Crippen LogP contribution in [0.5, 0.6) is 17.2 Å². The molecule has 126 valence electrons. The second-order valence-corrected chi connectivity index (χ2v) is 6.60. The van der Waals surface area contributed by atoms with E-state index in [1.807, 2.05) is 26.0 Å². The van der Waals surface area contributed by atoms with E-state index in [4.69, 9.17) is 9.15 Å². The van der Waals surface area contributed by atoms with Crippen molar-refractivity contribution in [3.05, 3.63) is 58.5 Å². The highest BCUT2D eigenvalue weighted by molar-refractivity contribution is 5.87. The Morgan fingerprint density at radius 2 is 1.84 bits per heavy atom. The van der Waals surface area contributed by atoms with Gasteiger partial charge in [0.2, 0.25) is 5.43 Å². The Hall–Kier alpha value is -3.21. The molecule has 2 heterocycles. The second-order valence-electron chi connectivity index (χ2n) is 6.60. The average Bonchev–Trinajstić information content (AvgIpc) is 2.54. The van der Waals surface area contributed by atoms with Crippen molar-refractivity contribution >= 4 is 17.0 Å². The van der Waals surface area contributed by atoms with E-state index >= 15 is 0 Å². The van der Waals surface area contributed by atoms with Crippen molar-refractivity contribution in [3.63, 3.8) is 0 Å². The largest absolute Gasteiger partial charge is 0.508 e. The summed E-state index contributed by atoms with van der Waals surface area (Å²) >= 11 is 0. The fraction of sp³-hybridized carbons (Fsp3) is 0.150. The third-order valence-electron chi connectivity index (χ3n) is 4.21. The predicted octanol–water partition coefficient (Wildman–Crippen LogP) is 4.06. The molecule has 2 N–H and O–H groups in total. The molecule has 3 aromatic rings. The van der Waals surface area contributed by atoms with Crippen LogP contribution in [0.4, 0.5) is 0 Å². The molecule has 4 rings (SSSR count). The zero-order valence-corrected chi connectivity index (χ0v) is 13.7. The number of hydrogen-bond acceptors (Lipinski definition) is 5. The van der Waals surface area contributed by atoms with Crippen LogP contribution >= 0.6 is 0 Å². The van der Waals surface area contributed by atoms with Gasteiger partial charge in [-0.15, -0.1) is 0 Å². The maximum atomic E-state index is 12.9. The summed E-state index contributed by atoms with van der Waals surface area (Å²) in [6, 6.07) is 7.50. The average molecular weight is 336 g/mol. The molecule has 0 radical (unpaired) electrons. The van der Waals surface area contributed by atoms with Crippen molar-refractivity contribution in [2.75, 3.05) is 0 Å². The number of hydrogen-bond donors (Lipinski definition) is 2. The minimum absolute atomic E-state index is 0.0783. The molecule has 0 amide bonds. The Kier molecular flexibility index (Phi) is 3.15. The fourth-order valence-corrected chi connectivity index (χ4v) is 2.93. The maximum absolute atomic E-state index is 12.9. The highest BCUT2D eigenvalue weighted by Crippen LogP contribution is 2.35. The van der Waals surface area contributed by atoms with Gasteiger partial charge >= 0.3 is 0 Å². The van der Waals surface area contributed by atoms with E-state index < -0.39 is 5.60 Å². The van der Waals surface area contributed by atoms with Crippen LogP contribution in [-0.4, -0.2) is 15.8 Å². The number of phenols is 2. The first-order valence-corrected chi connectivity index (χ1v) is 7.84. The number of rotatable bonds is 1. The first-order valence-electron chi connectivity index (χ1n) is 7.84. The summed E-state index contributed by atoms with van der Waals surface area (Å²) in [4.78, 5) is 12.9. The molecule has 0 fully saturated rings. The molecule has 0 spiro atoms. The lowest BCUT2D eigenvalue weighted by Gasteiger charge is -2.27. The minimum atomic E-state index is -0.418. The van der Waals surface area contributed by atoms with E-state index in [1.54, 1.807) is 12.1 Å². The summed E-state index contributed by atoms with van der Waals surface area (Å²) in [7, 11) is 0. The topological polar surface area (TPSA) is 79.9 Å². The lowest BCUT2D eigenvalue weighted by atomic mass is 9.99. The molecule has 0 saturated heterocycles. The van der Waals surface area contributed by atoms with Gasteiger partial charge in [-0.3, -0.25) is 4.79 Å². The minimum Gasteiger partial charge on any atom is -0.508 e. The summed E-state index contributed by atoms with van der Waals surface area (Å²) in [5.41, 5.74) is 1.06. The van der Waals surface area contributed by atoms with E-state index in [-0.39, 0.29) is 22.5 Å². The normalized spacial score (nSPS) is 15.0. The molecule has 0 unspecified atom stereocenters. The Morgan fingerprint density at radius 3 is 2.60 bits per heavy atom. The van der Waals surface area contributed by atoms with E-state index in [1.165, 1.54) is 24.5 Å². The summed E-state index contributed by atoms with van der Waals surface area (Å²) in [5.74, 6) is 0.392. The lowest BCUT2D eigenvalue weighted by Crippen LogP contribution is -2.27. The monoisotopic (exact) mass is 336 g/mol. The second kappa shape index (κ2) is 5.14. The van der Waals surface area contributed by atoms with Crippen LogP contribution < -0.4 is 10.2 Å². The molecule has 5 heteroatoms. The molecular formula is C20H16O5. The van der Waals surface area contributed by atoms with Crippen LogP contribution in [0.3, 0.4) is 0 Å². The first-order chi connectivity index (χ1) is 11.8. The highest BCUT2D eigenvalue weighted by atomic mass is 16.5. The first kappa shape index (κ1) is 15.3. The lowest BCUT2D eigenvalue weighted by molar-refractivity contribution is 0.159. The van der Waals surface area contributed by atoms with Gasteiger partial charge in [-0.25, -0.2) is 0 Å². The molecule has 0 atom stereocenters. The van der Waals surface area contributed by atoms with Crippen molar-refractivity contribution in [1.82, 2.24) is 0 Å². The molecule has 1 aliphatic rings. The van der Waals surface area contributed by atoms with Gasteiger partial charge in [0.05, 0.1) is 10.9 Å². The van der Waals surface area contributed by atoms with Gasteiger partial charge in [0.25, 0.3) is 0 Å². The molecule has 0 saturated carbocycles. The van der Waals surface area contributed by atoms with Gasteiger partial charge in [-0.05, 0) is 38.1 Å². The third-order valence-corrected chi connectivity index (χ3v) is 4.21. The van der Waals surface area contributed by atoms with Crippen molar-refractivity contribution in [2.24, 2.45) is 0 Å². The molecule has 0 aliphatic carbocycles. The predicted molar refractivity (Wildman–Crippen MR) is 95.0 cm³/mol. The summed E-state index contributed by atoms with van der Waals surface area (Å²) in [6.07, 6.45) is 5.16. The zero-order chi connectivity index (χ0) is 17.8. The maximum Gasteiger partial charge on any atom is 0.200 e. The summed E-state index contributed by atoms with van der Waals surface area (Å²) in [5, 5.41) is 19.8.